The van der Waals surface area contributed by atoms with E-state index in [-0.39, 0.29) is 0 Å². The van der Waals surface area contributed by atoms with Gasteiger partial charge in [-0.25, -0.2) is 4.98 Å². The van der Waals surface area contributed by atoms with Crippen molar-refractivity contribution in [3.8, 4) is 5.69 Å². The highest BCUT2D eigenvalue weighted by atomic mass is 15.1. The van der Waals surface area contributed by atoms with Crippen LogP contribution in [0, 0.1) is 0 Å². The third kappa shape index (κ3) is 2.56. The third-order valence-electron chi connectivity index (χ3n) is 3.98. The molecule has 3 rings (SSSR count). The summed E-state index contributed by atoms with van der Waals surface area (Å²) in [5, 5.41) is 3.48. The molecule has 1 fully saturated rings. The fraction of sp³-hybridized carbons (Fsp3) is 0.438. The number of nitrogens with zero attached hydrogens (tertiary/aromatic N) is 2. The standard InChI is InChI=1S/C16H21N3/c1-2-13-5-3-7-15(9-13)19-12-18-11-16(19)14-6-4-8-17-10-14/h3,5,7,9,11-12,14,17H,2,4,6,8,10H2,1H3. The summed E-state index contributed by atoms with van der Waals surface area (Å²) in [7, 11) is 0. The molecule has 0 saturated carbocycles. The molecule has 1 aliphatic rings. The average molecular weight is 255 g/mol. The van der Waals surface area contributed by atoms with Crippen LogP contribution in [0.2, 0.25) is 0 Å². The van der Waals surface area contributed by atoms with Crippen molar-refractivity contribution in [2.45, 2.75) is 32.1 Å². The Kier molecular flexibility index (Phi) is 3.65. The molecule has 1 N–H and O–H groups in total. The normalized spacial score (nSPS) is 19.5. The van der Waals surface area contributed by atoms with E-state index in [1.807, 2.05) is 12.5 Å². The molecule has 1 aromatic carbocycles. The Bertz CT molecular complexity index is 538. The zero-order valence-corrected chi connectivity index (χ0v) is 11.5. The fourth-order valence-electron chi connectivity index (χ4n) is 2.85. The Morgan fingerprint density at radius 2 is 2.37 bits per heavy atom. The van der Waals surface area contributed by atoms with E-state index in [0.29, 0.717) is 5.92 Å². The van der Waals surface area contributed by atoms with Crippen LogP contribution in [0.15, 0.2) is 36.8 Å². The van der Waals surface area contributed by atoms with Gasteiger partial charge in [0, 0.05) is 30.0 Å². The first-order valence-corrected chi connectivity index (χ1v) is 7.20. The van der Waals surface area contributed by atoms with Gasteiger partial charge < -0.3 is 9.88 Å². The van der Waals surface area contributed by atoms with E-state index in [2.05, 4.69) is 46.1 Å². The summed E-state index contributed by atoms with van der Waals surface area (Å²) < 4.78 is 2.25. The molecule has 2 heterocycles. The first kappa shape index (κ1) is 12.4. The molecule has 3 heteroatoms. The highest BCUT2D eigenvalue weighted by Crippen LogP contribution is 2.25. The van der Waals surface area contributed by atoms with Gasteiger partial charge in [-0.3, -0.25) is 0 Å². The van der Waals surface area contributed by atoms with Gasteiger partial charge in [0.1, 0.15) is 0 Å². The van der Waals surface area contributed by atoms with Crippen LogP contribution < -0.4 is 5.32 Å². The van der Waals surface area contributed by atoms with Crippen LogP contribution in [0.3, 0.4) is 0 Å². The van der Waals surface area contributed by atoms with Crippen molar-refractivity contribution in [2.75, 3.05) is 13.1 Å². The number of piperidine rings is 1. The molecular formula is C16H21N3. The number of benzene rings is 1. The molecule has 1 atom stereocenters. The predicted octanol–water partition coefficient (Wildman–Crippen LogP) is 2.90. The van der Waals surface area contributed by atoms with Crippen LogP contribution in [-0.4, -0.2) is 22.6 Å². The smallest absolute Gasteiger partial charge is 0.0994 e. The highest BCUT2D eigenvalue weighted by molar-refractivity contribution is 5.38. The molecule has 1 aromatic heterocycles. The van der Waals surface area contributed by atoms with E-state index in [1.165, 1.54) is 29.8 Å². The Labute approximate surface area is 114 Å². The van der Waals surface area contributed by atoms with Crippen LogP contribution in [0.5, 0.6) is 0 Å². The van der Waals surface area contributed by atoms with Crippen molar-refractivity contribution < 1.29 is 0 Å². The van der Waals surface area contributed by atoms with Crippen molar-refractivity contribution in [3.05, 3.63) is 48.0 Å². The van der Waals surface area contributed by atoms with E-state index in [4.69, 9.17) is 0 Å². The SMILES string of the molecule is CCc1cccc(-n2cncc2C2CCCNC2)c1. The zero-order valence-electron chi connectivity index (χ0n) is 11.5. The number of hydrogen-bond acceptors (Lipinski definition) is 2. The number of imidazole rings is 1. The van der Waals surface area contributed by atoms with E-state index >= 15 is 0 Å². The number of nitrogens with one attached hydrogen (secondary N) is 1. The Balaban J connectivity index is 1.94. The van der Waals surface area contributed by atoms with Gasteiger partial charge in [0.2, 0.25) is 0 Å². The van der Waals surface area contributed by atoms with Crippen LogP contribution in [0.1, 0.15) is 36.9 Å². The number of rotatable bonds is 3. The lowest BCUT2D eigenvalue weighted by atomic mass is 9.96. The summed E-state index contributed by atoms with van der Waals surface area (Å²) in [6.45, 7) is 4.41. The quantitative estimate of drug-likeness (QED) is 0.914. The molecule has 19 heavy (non-hydrogen) atoms. The van der Waals surface area contributed by atoms with Gasteiger partial charge in [-0.1, -0.05) is 19.1 Å². The van der Waals surface area contributed by atoms with Crippen LogP contribution >= 0.6 is 0 Å². The second-order valence-corrected chi connectivity index (χ2v) is 5.26. The van der Waals surface area contributed by atoms with Crippen molar-refractivity contribution in [3.63, 3.8) is 0 Å². The molecule has 100 valence electrons. The lowest BCUT2D eigenvalue weighted by molar-refractivity contribution is 0.451. The molecular weight excluding hydrogens is 234 g/mol. The lowest BCUT2D eigenvalue weighted by Crippen LogP contribution is -2.29. The molecule has 1 saturated heterocycles. The largest absolute Gasteiger partial charge is 0.316 e. The van der Waals surface area contributed by atoms with Crippen molar-refractivity contribution in [1.82, 2.24) is 14.9 Å². The third-order valence-corrected chi connectivity index (χ3v) is 3.98. The highest BCUT2D eigenvalue weighted by Gasteiger charge is 2.19. The van der Waals surface area contributed by atoms with Gasteiger partial charge in [0.05, 0.1) is 6.33 Å². The summed E-state index contributed by atoms with van der Waals surface area (Å²) in [6, 6.07) is 8.75. The minimum absolute atomic E-state index is 0.585. The summed E-state index contributed by atoms with van der Waals surface area (Å²) >= 11 is 0. The minimum Gasteiger partial charge on any atom is -0.316 e. The number of aryl methyl sites for hydroxylation is 1. The zero-order chi connectivity index (χ0) is 13.1. The predicted molar refractivity (Wildman–Crippen MR) is 77.8 cm³/mol. The van der Waals surface area contributed by atoms with Crippen molar-refractivity contribution in [1.29, 1.82) is 0 Å². The van der Waals surface area contributed by atoms with E-state index in [0.717, 1.165) is 19.5 Å². The van der Waals surface area contributed by atoms with E-state index in [9.17, 15) is 0 Å². The molecule has 1 unspecified atom stereocenters. The monoisotopic (exact) mass is 255 g/mol. The summed E-state index contributed by atoms with van der Waals surface area (Å²) in [5.41, 5.74) is 3.94. The van der Waals surface area contributed by atoms with E-state index in [1.54, 1.807) is 0 Å². The first-order chi connectivity index (χ1) is 9.38. The molecule has 0 spiro atoms. The first-order valence-electron chi connectivity index (χ1n) is 7.20. The maximum atomic E-state index is 4.36. The van der Waals surface area contributed by atoms with Gasteiger partial charge in [-0.2, -0.15) is 0 Å². The maximum absolute atomic E-state index is 4.36. The van der Waals surface area contributed by atoms with Crippen molar-refractivity contribution >= 4 is 0 Å². The average Bonchev–Trinajstić information content (AvgIpc) is 2.98. The van der Waals surface area contributed by atoms with Crippen molar-refractivity contribution in [2.24, 2.45) is 0 Å². The molecule has 2 aromatic rings. The van der Waals surface area contributed by atoms with Gasteiger partial charge in [-0.15, -0.1) is 0 Å². The van der Waals surface area contributed by atoms with Gasteiger partial charge >= 0.3 is 0 Å². The molecule has 1 aliphatic heterocycles. The second-order valence-electron chi connectivity index (χ2n) is 5.26. The second kappa shape index (κ2) is 5.57. The molecule has 0 bridgehead atoms. The van der Waals surface area contributed by atoms with E-state index < -0.39 is 0 Å². The molecule has 0 amide bonds. The molecule has 3 nitrogen and oxygen atoms in total. The Morgan fingerprint density at radius 3 is 3.16 bits per heavy atom. The Hall–Kier alpha value is -1.61. The minimum atomic E-state index is 0.585. The Morgan fingerprint density at radius 1 is 1.42 bits per heavy atom. The molecule has 0 aliphatic carbocycles. The maximum Gasteiger partial charge on any atom is 0.0994 e. The van der Waals surface area contributed by atoms with Crippen LogP contribution in [0.25, 0.3) is 5.69 Å². The topological polar surface area (TPSA) is 29.9 Å². The number of aromatic nitrogens is 2. The van der Waals surface area contributed by atoms with Crippen LogP contribution in [-0.2, 0) is 6.42 Å². The van der Waals surface area contributed by atoms with Gasteiger partial charge in [0.25, 0.3) is 0 Å². The molecule has 0 radical (unpaired) electrons. The van der Waals surface area contributed by atoms with Gasteiger partial charge in [0.15, 0.2) is 0 Å². The van der Waals surface area contributed by atoms with Crippen LogP contribution in [0.4, 0.5) is 0 Å². The number of hydrogen-bond donors (Lipinski definition) is 1. The summed E-state index contributed by atoms with van der Waals surface area (Å²) in [5.74, 6) is 0.585. The lowest BCUT2D eigenvalue weighted by Gasteiger charge is -2.24. The summed E-state index contributed by atoms with van der Waals surface area (Å²) in [6.07, 6.45) is 7.55. The van der Waals surface area contributed by atoms with Gasteiger partial charge in [-0.05, 0) is 43.5 Å². The summed E-state index contributed by atoms with van der Waals surface area (Å²) in [4.78, 5) is 4.36. The fourth-order valence-corrected chi connectivity index (χ4v) is 2.85.